The van der Waals surface area contributed by atoms with Crippen molar-refractivity contribution in [3.8, 4) is 0 Å². The summed E-state index contributed by atoms with van der Waals surface area (Å²) in [6, 6.07) is -0.591. The molecule has 1 rings (SSSR count). The topological polar surface area (TPSA) is 72.9 Å². The predicted molar refractivity (Wildman–Crippen MR) is 67.2 cm³/mol. The second-order valence-corrected chi connectivity index (χ2v) is 5.52. The third kappa shape index (κ3) is 3.56. The number of aryl methyl sites for hydroxylation is 1. The molecular formula is C12H22N4O. The highest BCUT2D eigenvalue weighted by molar-refractivity contribution is 5.82. The molecule has 0 fully saturated rings. The molecule has 0 spiro atoms. The van der Waals surface area contributed by atoms with E-state index < -0.39 is 6.04 Å². The van der Waals surface area contributed by atoms with Crippen molar-refractivity contribution in [2.24, 2.45) is 18.2 Å². The maximum atomic E-state index is 11.9. The van der Waals surface area contributed by atoms with Crippen LogP contribution in [-0.4, -0.2) is 21.7 Å². The van der Waals surface area contributed by atoms with Gasteiger partial charge in [0, 0.05) is 18.8 Å². The molecule has 17 heavy (non-hydrogen) atoms. The molecule has 0 aliphatic heterocycles. The van der Waals surface area contributed by atoms with Crippen LogP contribution >= 0.6 is 0 Å². The van der Waals surface area contributed by atoms with Gasteiger partial charge in [-0.2, -0.15) is 5.10 Å². The lowest BCUT2D eigenvalue weighted by Crippen LogP contribution is -2.49. The fourth-order valence-electron chi connectivity index (χ4n) is 1.44. The van der Waals surface area contributed by atoms with E-state index in [2.05, 4.69) is 10.4 Å². The number of hydrogen-bond donors (Lipinski definition) is 2. The third-order valence-electron chi connectivity index (χ3n) is 2.80. The lowest BCUT2D eigenvalue weighted by molar-refractivity contribution is -0.125. The van der Waals surface area contributed by atoms with Gasteiger partial charge in [0.15, 0.2) is 0 Å². The number of nitrogens with one attached hydrogen (secondary N) is 1. The summed E-state index contributed by atoms with van der Waals surface area (Å²) < 4.78 is 1.71. The maximum Gasteiger partial charge on any atom is 0.237 e. The Balaban J connectivity index is 2.63. The van der Waals surface area contributed by atoms with Gasteiger partial charge in [-0.1, -0.05) is 20.8 Å². The molecule has 0 bridgehead atoms. The first-order chi connectivity index (χ1) is 7.71. The maximum absolute atomic E-state index is 11.9. The van der Waals surface area contributed by atoms with Crippen LogP contribution in [0.3, 0.4) is 0 Å². The molecule has 3 N–H and O–H groups in total. The number of rotatable bonds is 3. The van der Waals surface area contributed by atoms with Crippen LogP contribution in [-0.2, 0) is 11.8 Å². The molecule has 1 amide bonds. The van der Waals surface area contributed by atoms with E-state index in [0.29, 0.717) is 0 Å². The summed E-state index contributed by atoms with van der Waals surface area (Å²) in [7, 11) is 1.85. The van der Waals surface area contributed by atoms with Crippen molar-refractivity contribution in [1.82, 2.24) is 15.1 Å². The molecule has 5 heteroatoms. The zero-order valence-electron chi connectivity index (χ0n) is 11.2. The molecular weight excluding hydrogens is 216 g/mol. The van der Waals surface area contributed by atoms with Gasteiger partial charge in [-0.15, -0.1) is 0 Å². The molecule has 0 aromatic carbocycles. The zero-order valence-corrected chi connectivity index (χ0v) is 11.2. The summed E-state index contributed by atoms with van der Waals surface area (Å²) in [5, 5.41) is 6.97. The van der Waals surface area contributed by atoms with E-state index in [9.17, 15) is 4.79 Å². The third-order valence-corrected chi connectivity index (χ3v) is 2.80. The summed E-state index contributed by atoms with van der Waals surface area (Å²) in [4.78, 5) is 11.9. The van der Waals surface area contributed by atoms with Crippen LogP contribution in [0.2, 0.25) is 0 Å². The zero-order chi connectivity index (χ0) is 13.2. The molecule has 1 unspecified atom stereocenters. The van der Waals surface area contributed by atoms with Crippen LogP contribution in [0.1, 0.15) is 39.3 Å². The van der Waals surface area contributed by atoms with Gasteiger partial charge in [0.25, 0.3) is 0 Å². The van der Waals surface area contributed by atoms with Gasteiger partial charge >= 0.3 is 0 Å². The molecule has 0 aliphatic carbocycles. The van der Waals surface area contributed by atoms with E-state index in [-0.39, 0.29) is 17.4 Å². The number of nitrogens with zero attached hydrogens (tertiary/aromatic N) is 2. The molecule has 1 aromatic heterocycles. The van der Waals surface area contributed by atoms with Gasteiger partial charge in [-0.3, -0.25) is 9.48 Å². The molecule has 2 atom stereocenters. The largest absolute Gasteiger partial charge is 0.348 e. The first-order valence-corrected chi connectivity index (χ1v) is 5.76. The minimum atomic E-state index is -0.512. The Morgan fingerprint density at radius 3 is 2.53 bits per heavy atom. The molecule has 1 aromatic rings. The number of hydrogen-bond acceptors (Lipinski definition) is 3. The Kier molecular flexibility index (Phi) is 3.93. The standard InChI is InChI=1S/C12H22N4O/c1-8(9-6-14-16(5)7-9)15-11(17)10(13)12(2,3)4/h6-8,10H,13H2,1-5H3,(H,15,17)/t8?,10-/m1/s1. The van der Waals surface area contributed by atoms with Gasteiger partial charge in [0.2, 0.25) is 5.91 Å². The molecule has 1 heterocycles. The second kappa shape index (κ2) is 4.87. The normalized spacial score (nSPS) is 15.4. The minimum Gasteiger partial charge on any atom is -0.348 e. The monoisotopic (exact) mass is 238 g/mol. The fourth-order valence-corrected chi connectivity index (χ4v) is 1.44. The van der Waals surface area contributed by atoms with E-state index in [1.54, 1.807) is 10.9 Å². The van der Waals surface area contributed by atoms with Crippen molar-refractivity contribution in [3.63, 3.8) is 0 Å². The highest BCUT2D eigenvalue weighted by Crippen LogP contribution is 2.18. The van der Waals surface area contributed by atoms with Crippen molar-refractivity contribution in [3.05, 3.63) is 18.0 Å². The van der Waals surface area contributed by atoms with Gasteiger partial charge in [0.1, 0.15) is 0 Å². The summed E-state index contributed by atoms with van der Waals surface area (Å²) in [6.45, 7) is 7.77. The van der Waals surface area contributed by atoms with Crippen molar-refractivity contribution in [2.75, 3.05) is 0 Å². The molecule has 0 saturated heterocycles. The SMILES string of the molecule is CC(NC(=O)[C@@H](N)C(C)(C)C)c1cnn(C)c1. The fraction of sp³-hybridized carbons (Fsp3) is 0.667. The molecule has 0 saturated carbocycles. The Labute approximate surface area is 102 Å². The van der Waals surface area contributed by atoms with Crippen molar-refractivity contribution < 1.29 is 4.79 Å². The summed E-state index contributed by atoms with van der Waals surface area (Å²) in [5.41, 5.74) is 6.63. The average Bonchev–Trinajstić information content (AvgIpc) is 2.62. The first-order valence-electron chi connectivity index (χ1n) is 5.76. The summed E-state index contributed by atoms with van der Waals surface area (Å²) >= 11 is 0. The lowest BCUT2D eigenvalue weighted by atomic mass is 9.87. The quantitative estimate of drug-likeness (QED) is 0.824. The van der Waals surface area contributed by atoms with Crippen LogP contribution in [0, 0.1) is 5.41 Å². The Bertz CT molecular complexity index is 391. The number of carbonyl (C=O) groups is 1. The Morgan fingerprint density at radius 1 is 1.53 bits per heavy atom. The van der Waals surface area contributed by atoms with E-state index in [1.165, 1.54) is 0 Å². The Morgan fingerprint density at radius 2 is 2.12 bits per heavy atom. The number of amides is 1. The van der Waals surface area contributed by atoms with Gasteiger partial charge in [-0.25, -0.2) is 0 Å². The molecule has 96 valence electrons. The van der Waals surface area contributed by atoms with Gasteiger partial charge < -0.3 is 11.1 Å². The smallest absolute Gasteiger partial charge is 0.237 e. The molecule has 0 aliphatic rings. The number of nitrogens with two attached hydrogens (primary N) is 1. The summed E-state index contributed by atoms with van der Waals surface area (Å²) in [6.07, 6.45) is 3.63. The number of carbonyl (C=O) groups excluding carboxylic acids is 1. The van der Waals surface area contributed by atoms with E-state index in [1.807, 2.05) is 40.9 Å². The van der Waals surface area contributed by atoms with Crippen molar-refractivity contribution >= 4 is 5.91 Å². The average molecular weight is 238 g/mol. The van der Waals surface area contributed by atoms with Crippen molar-refractivity contribution in [1.29, 1.82) is 0 Å². The first kappa shape index (κ1) is 13.7. The highest BCUT2D eigenvalue weighted by atomic mass is 16.2. The predicted octanol–water partition coefficient (Wildman–Crippen LogP) is 0.971. The van der Waals surface area contributed by atoms with Crippen molar-refractivity contribution in [2.45, 2.75) is 39.8 Å². The van der Waals surface area contributed by atoms with Crippen LogP contribution in [0.25, 0.3) is 0 Å². The van der Waals surface area contributed by atoms with Gasteiger partial charge in [-0.05, 0) is 12.3 Å². The van der Waals surface area contributed by atoms with Crippen LogP contribution in [0.4, 0.5) is 0 Å². The van der Waals surface area contributed by atoms with E-state index in [0.717, 1.165) is 5.56 Å². The van der Waals surface area contributed by atoms with E-state index in [4.69, 9.17) is 5.73 Å². The molecule has 5 nitrogen and oxygen atoms in total. The van der Waals surface area contributed by atoms with Gasteiger partial charge in [0.05, 0.1) is 18.3 Å². The van der Waals surface area contributed by atoms with Crippen LogP contribution in [0.5, 0.6) is 0 Å². The van der Waals surface area contributed by atoms with Crippen LogP contribution in [0.15, 0.2) is 12.4 Å². The van der Waals surface area contributed by atoms with Crippen LogP contribution < -0.4 is 11.1 Å². The highest BCUT2D eigenvalue weighted by Gasteiger charge is 2.28. The summed E-state index contributed by atoms with van der Waals surface area (Å²) in [5.74, 6) is -0.131. The molecule has 0 radical (unpaired) electrons. The lowest BCUT2D eigenvalue weighted by Gasteiger charge is -2.27. The Hall–Kier alpha value is -1.36. The van der Waals surface area contributed by atoms with E-state index >= 15 is 0 Å². The second-order valence-electron chi connectivity index (χ2n) is 5.52. The minimum absolute atomic E-state index is 0.0791. The number of aromatic nitrogens is 2.